The van der Waals surface area contributed by atoms with E-state index in [1.807, 2.05) is 6.92 Å². The largest absolute Gasteiger partial charge is 0.431 e. The van der Waals surface area contributed by atoms with Gasteiger partial charge in [0.25, 0.3) is 5.67 Å². The number of allylic oxidation sites excluding steroid dienone is 2. The van der Waals surface area contributed by atoms with Crippen molar-refractivity contribution in [3.05, 3.63) is 11.1 Å². The van der Waals surface area contributed by atoms with E-state index in [9.17, 15) is 40.6 Å². The second kappa shape index (κ2) is 8.98. The normalized spacial score (nSPS) is 39.8. The average Bonchev–Trinajstić information content (AvgIpc) is 3.03. The molecule has 2 nitrogen and oxygen atoms in total. The molecule has 0 unspecified atom stereocenters. The first-order chi connectivity index (χ1) is 16.8. The molecule has 0 aromatic rings. The Morgan fingerprint density at radius 2 is 1.69 bits per heavy atom. The van der Waals surface area contributed by atoms with E-state index < -0.39 is 42.2 Å². The molecule has 0 saturated heterocycles. The molecule has 3 saturated carbocycles. The zero-order valence-corrected chi connectivity index (χ0v) is 21.0. The van der Waals surface area contributed by atoms with Crippen molar-refractivity contribution in [1.29, 1.82) is 0 Å². The third-order valence-corrected chi connectivity index (χ3v) is 10.4. The van der Waals surface area contributed by atoms with Crippen molar-refractivity contribution in [1.82, 2.24) is 0 Å². The van der Waals surface area contributed by atoms with E-state index in [0.29, 0.717) is 12.3 Å². The molecule has 9 heteroatoms. The first kappa shape index (κ1) is 26.5. The summed E-state index contributed by atoms with van der Waals surface area (Å²) in [5.74, 6) is -0.235. The van der Waals surface area contributed by atoms with E-state index >= 15 is 0 Å². The second-order valence-corrected chi connectivity index (χ2v) is 12.3. The molecule has 36 heavy (non-hydrogen) atoms. The summed E-state index contributed by atoms with van der Waals surface area (Å²) < 4.78 is 100. The number of hydrogen-bond acceptors (Lipinski definition) is 2. The van der Waals surface area contributed by atoms with E-state index in [1.54, 1.807) is 6.92 Å². The van der Waals surface area contributed by atoms with Gasteiger partial charge < -0.3 is 5.11 Å². The number of alkyl halides is 7. The van der Waals surface area contributed by atoms with E-state index in [0.717, 1.165) is 49.7 Å². The van der Waals surface area contributed by atoms with Crippen LogP contribution >= 0.6 is 0 Å². The molecule has 1 N–H and O–H groups in total. The fourth-order valence-corrected chi connectivity index (χ4v) is 8.27. The van der Waals surface area contributed by atoms with Crippen molar-refractivity contribution < 1.29 is 42.0 Å². The fourth-order valence-electron chi connectivity index (χ4n) is 8.27. The van der Waals surface area contributed by atoms with Crippen LogP contribution in [-0.2, 0) is 4.79 Å². The minimum atomic E-state index is -6.16. The van der Waals surface area contributed by atoms with Gasteiger partial charge in [-0.25, -0.2) is 4.39 Å². The molecule has 4 aliphatic rings. The van der Waals surface area contributed by atoms with Crippen LogP contribution in [0.5, 0.6) is 0 Å². The van der Waals surface area contributed by atoms with Gasteiger partial charge in [0.2, 0.25) is 0 Å². The Labute approximate surface area is 209 Å². The first-order valence-electron chi connectivity index (χ1n) is 13.6. The molecule has 0 amide bonds. The van der Waals surface area contributed by atoms with Crippen LogP contribution in [-0.4, -0.2) is 35.0 Å². The molecule has 4 rings (SSSR count). The number of Topliss-reactive ketones (excluding diaryl/α,β-unsaturated/α-hetero) is 1. The third kappa shape index (κ3) is 4.23. The second-order valence-electron chi connectivity index (χ2n) is 12.3. The minimum Gasteiger partial charge on any atom is -0.393 e. The molecule has 0 aromatic carbocycles. The smallest absolute Gasteiger partial charge is 0.393 e. The predicted octanol–water partition coefficient (Wildman–Crippen LogP) is 7.89. The lowest BCUT2D eigenvalue weighted by atomic mass is 9.48. The van der Waals surface area contributed by atoms with Crippen LogP contribution < -0.4 is 0 Å². The summed E-state index contributed by atoms with van der Waals surface area (Å²) in [7, 11) is 0. The number of fused-ring (bicyclic) bond motifs is 4. The first-order valence-corrected chi connectivity index (χ1v) is 13.0. The van der Waals surface area contributed by atoms with E-state index in [-0.39, 0.29) is 42.0 Å². The summed E-state index contributed by atoms with van der Waals surface area (Å²) in [6, 6.07) is 0. The molecule has 4 aliphatic carbocycles. The highest BCUT2D eigenvalue weighted by atomic mass is 19.4. The number of aliphatic hydroxyl groups is 1. The molecular weight excluding hydrogens is 489 g/mol. The average molecular weight is 529 g/mol. The van der Waals surface area contributed by atoms with Crippen LogP contribution in [0.4, 0.5) is 30.7 Å². The van der Waals surface area contributed by atoms with Crippen LogP contribution in [0.3, 0.4) is 0 Å². The molecule has 0 radical (unpaired) electrons. The number of carbonyl (C=O) groups is 1. The maximum atomic E-state index is 14.2. The number of ketones is 1. The molecule has 0 spiro atoms. The van der Waals surface area contributed by atoms with Gasteiger partial charge in [0.1, 0.15) is 0 Å². The minimum absolute atomic E-state index is 0.00293. The van der Waals surface area contributed by atoms with Gasteiger partial charge in [0.05, 0.1) is 6.10 Å². The Hall–Kier alpha value is -1.12. The summed E-state index contributed by atoms with van der Waals surface area (Å²) in [6.07, 6.45) is -11.2. The summed E-state index contributed by atoms with van der Waals surface area (Å²) in [5.41, 5.74) is -4.05. The Morgan fingerprint density at radius 3 is 2.31 bits per heavy atom. The van der Waals surface area contributed by atoms with Crippen molar-refractivity contribution >= 4 is 5.78 Å². The summed E-state index contributed by atoms with van der Waals surface area (Å²) >= 11 is 0. The predicted molar refractivity (Wildman–Crippen MR) is 121 cm³/mol. The van der Waals surface area contributed by atoms with Crippen molar-refractivity contribution in [2.75, 3.05) is 0 Å². The van der Waals surface area contributed by atoms with Gasteiger partial charge in [-0.1, -0.05) is 32.8 Å². The van der Waals surface area contributed by atoms with Crippen LogP contribution in [0.2, 0.25) is 0 Å². The summed E-state index contributed by atoms with van der Waals surface area (Å²) in [6.45, 7) is 5.89. The standard InChI is InChI=1S/C27H37F7O2/c1-15(5-4-10-25(28,26(29,30)31)27(32,33)34)20-14-21(36)22-18-7-6-16-13-17(35)8-11-23(16,2)19(18)9-12-24(20,22)3/h15-17,19-20,35H,4-14H2,1-3H3/t15-,16+,17+,19+,20-,23+,24-/m1/s1/i4T/t4-,15-,16+,17+,19+,20-,23+,24-. The highest BCUT2D eigenvalue weighted by molar-refractivity contribution is 6.00. The van der Waals surface area contributed by atoms with Crippen molar-refractivity contribution in [2.24, 2.45) is 34.5 Å². The third-order valence-electron chi connectivity index (χ3n) is 10.4. The van der Waals surface area contributed by atoms with Crippen LogP contribution in [0.1, 0.15) is 92.7 Å². The molecule has 206 valence electrons. The van der Waals surface area contributed by atoms with Gasteiger partial charge in [-0.05, 0) is 92.3 Å². The van der Waals surface area contributed by atoms with E-state index in [1.165, 1.54) is 0 Å². The highest BCUT2D eigenvalue weighted by Crippen LogP contribution is 2.65. The van der Waals surface area contributed by atoms with Crippen molar-refractivity contribution in [3.8, 4) is 0 Å². The Bertz CT molecular complexity index is 930. The van der Waals surface area contributed by atoms with E-state index in [4.69, 9.17) is 1.37 Å². The number of halogens is 7. The van der Waals surface area contributed by atoms with Gasteiger partial charge in [-0.3, -0.25) is 4.79 Å². The summed E-state index contributed by atoms with van der Waals surface area (Å²) in [4.78, 5) is 13.4. The quantitative estimate of drug-likeness (QED) is 0.369. The number of aliphatic hydroxyl groups excluding tert-OH is 1. The molecule has 0 aromatic heterocycles. The summed E-state index contributed by atoms with van der Waals surface area (Å²) in [5, 5.41) is 10.2. The van der Waals surface area contributed by atoms with Gasteiger partial charge >= 0.3 is 12.4 Å². The lowest BCUT2D eigenvalue weighted by Gasteiger charge is -2.56. The Balaban J connectivity index is 1.55. The lowest BCUT2D eigenvalue weighted by Crippen LogP contribution is -2.53. The molecule has 8 atom stereocenters. The molecule has 0 heterocycles. The Kier molecular flexibility index (Phi) is 6.60. The fraction of sp³-hybridized carbons (Fsp3) is 0.889. The zero-order valence-electron chi connectivity index (χ0n) is 22.0. The Morgan fingerprint density at radius 1 is 1.06 bits per heavy atom. The van der Waals surface area contributed by atoms with Crippen LogP contribution in [0.25, 0.3) is 0 Å². The zero-order chi connectivity index (χ0) is 27.8. The highest BCUT2D eigenvalue weighted by Gasteiger charge is 2.71. The van der Waals surface area contributed by atoms with Gasteiger partial charge in [0.15, 0.2) is 5.78 Å². The monoisotopic (exact) mass is 528 g/mol. The maximum Gasteiger partial charge on any atom is 0.431 e. The van der Waals surface area contributed by atoms with Crippen molar-refractivity contribution in [3.63, 3.8) is 0 Å². The topological polar surface area (TPSA) is 37.3 Å². The molecule has 0 bridgehead atoms. The van der Waals surface area contributed by atoms with Gasteiger partial charge in [-0.2, -0.15) is 26.3 Å². The number of carbonyl (C=O) groups excluding carboxylic acids is 1. The van der Waals surface area contributed by atoms with Crippen molar-refractivity contribution in [2.45, 2.75) is 116 Å². The van der Waals surface area contributed by atoms with Gasteiger partial charge in [0, 0.05) is 13.4 Å². The van der Waals surface area contributed by atoms with Gasteiger partial charge in [-0.15, -0.1) is 0 Å². The molecule has 3 fully saturated rings. The van der Waals surface area contributed by atoms with Crippen LogP contribution in [0.15, 0.2) is 11.1 Å². The number of hydrogen-bond donors (Lipinski definition) is 1. The SMILES string of the molecule is [3H][C@H](C[C@@H](C)[C@H]1CC(=O)C2=C3CC[C@H]4C[C@@H](O)CC[C@]4(C)[C@H]3CC[C@@]21C)CC(F)(C(F)(F)F)C(F)(F)F. The van der Waals surface area contributed by atoms with E-state index in [2.05, 4.69) is 6.92 Å². The molecular formula is C27H37F7O2. The van der Waals surface area contributed by atoms with Crippen LogP contribution in [0, 0.1) is 34.5 Å². The maximum absolute atomic E-state index is 14.2. The number of rotatable bonds is 5. The lowest BCUT2D eigenvalue weighted by molar-refractivity contribution is -0.343. The molecule has 0 aliphatic heterocycles.